The smallest absolute Gasteiger partial charge is 0.279 e. The number of fused-ring (bicyclic) bond motifs is 1. The maximum absolute atomic E-state index is 12.3. The minimum Gasteiger partial charge on any atom is -0.494 e. The van der Waals surface area contributed by atoms with E-state index in [1.54, 1.807) is 0 Å². The zero-order valence-electron chi connectivity index (χ0n) is 14.1. The number of nitrogens with zero attached hydrogens (tertiary/aromatic N) is 2. The lowest BCUT2D eigenvalue weighted by Crippen LogP contribution is -2.12. The summed E-state index contributed by atoms with van der Waals surface area (Å²) >= 11 is 0. The molecule has 2 heterocycles. The van der Waals surface area contributed by atoms with Crippen LogP contribution in [-0.4, -0.2) is 26.8 Å². The molecule has 0 unspecified atom stereocenters. The van der Waals surface area contributed by atoms with Crippen molar-refractivity contribution in [3.63, 3.8) is 0 Å². The third-order valence-electron chi connectivity index (χ3n) is 3.94. The van der Waals surface area contributed by atoms with Crippen molar-refractivity contribution in [3.05, 3.63) is 51.7 Å². The van der Waals surface area contributed by atoms with Crippen molar-refractivity contribution in [1.29, 1.82) is 0 Å². The van der Waals surface area contributed by atoms with E-state index in [2.05, 4.69) is 27.1 Å². The topological polar surface area (TPSA) is 83.7 Å². The number of ether oxygens (including phenoxy) is 1. The number of hydrogen-bond donors (Lipinski definition) is 2. The van der Waals surface area contributed by atoms with Gasteiger partial charge in [0.1, 0.15) is 17.1 Å². The summed E-state index contributed by atoms with van der Waals surface area (Å²) in [4.78, 5) is 19.8. The molecule has 0 saturated heterocycles. The standard InChI is InChI=1S/C18H22N4O2/c1-3-5-9-13-16-17(22-21-13)18(23)20-15(19-16)11-12-8-6-7-10-14(12)24-4-2/h6-8,10H,3-5,9,11H2,1-2H3,(H,21,22)(H,19,20,23). The van der Waals surface area contributed by atoms with Gasteiger partial charge in [0.2, 0.25) is 0 Å². The van der Waals surface area contributed by atoms with Crippen LogP contribution in [0, 0.1) is 0 Å². The number of benzene rings is 1. The van der Waals surface area contributed by atoms with Crippen molar-refractivity contribution in [2.75, 3.05) is 6.61 Å². The molecular weight excluding hydrogens is 304 g/mol. The molecule has 1 aromatic carbocycles. The number of H-pyrrole nitrogens is 2. The molecular formula is C18H22N4O2. The van der Waals surface area contributed by atoms with Crippen LogP contribution in [0.1, 0.15) is 43.8 Å². The second-order valence-corrected chi connectivity index (χ2v) is 5.73. The Kier molecular flexibility index (Phi) is 4.93. The molecule has 0 atom stereocenters. The number of hydrogen-bond acceptors (Lipinski definition) is 4. The first-order valence-corrected chi connectivity index (χ1v) is 8.39. The highest BCUT2D eigenvalue weighted by Gasteiger charge is 2.13. The second kappa shape index (κ2) is 7.29. The Morgan fingerprint density at radius 3 is 2.79 bits per heavy atom. The van der Waals surface area contributed by atoms with Crippen LogP contribution in [0.3, 0.4) is 0 Å². The number of para-hydroxylation sites is 1. The third-order valence-corrected chi connectivity index (χ3v) is 3.94. The predicted octanol–water partition coefficient (Wildman–Crippen LogP) is 2.98. The molecule has 0 amide bonds. The molecule has 0 radical (unpaired) electrons. The van der Waals surface area contributed by atoms with Crippen LogP contribution >= 0.6 is 0 Å². The van der Waals surface area contributed by atoms with Gasteiger partial charge in [-0.1, -0.05) is 31.5 Å². The summed E-state index contributed by atoms with van der Waals surface area (Å²) in [5.74, 6) is 1.44. The zero-order chi connectivity index (χ0) is 16.9. The summed E-state index contributed by atoms with van der Waals surface area (Å²) in [6.07, 6.45) is 3.48. The van der Waals surface area contributed by atoms with Gasteiger partial charge in [-0.05, 0) is 25.8 Å². The Morgan fingerprint density at radius 1 is 1.17 bits per heavy atom. The number of rotatable bonds is 7. The number of aryl methyl sites for hydroxylation is 1. The molecule has 6 nitrogen and oxygen atoms in total. The number of aromatic nitrogens is 4. The van der Waals surface area contributed by atoms with Gasteiger partial charge in [0.25, 0.3) is 5.56 Å². The van der Waals surface area contributed by atoms with Gasteiger partial charge in [0.05, 0.1) is 12.3 Å². The van der Waals surface area contributed by atoms with Gasteiger partial charge >= 0.3 is 0 Å². The van der Waals surface area contributed by atoms with E-state index in [4.69, 9.17) is 4.74 Å². The van der Waals surface area contributed by atoms with Gasteiger partial charge in [-0.3, -0.25) is 9.89 Å². The Labute approximate surface area is 140 Å². The third kappa shape index (κ3) is 3.32. The molecule has 6 heteroatoms. The highest BCUT2D eigenvalue weighted by atomic mass is 16.5. The maximum atomic E-state index is 12.3. The van der Waals surface area contributed by atoms with Crippen LogP contribution in [0.5, 0.6) is 5.75 Å². The van der Waals surface area contributed by atoms with Crippen LogP contribution in [-0.2, 0) is 12.8 Å². The minimum absolute atomic E-state index is 0.206. The van der Waals surface area contributed by atoms with E-state index >= 15 is 0 Å². The monoisotopic (exact) mass is 326 g/mol. The van der Waals surface area contributed by atoms with Crippen LogP contribution in [0.25, 0.3) is 11.0 Å². The first kappa shape index (κ1) is 16.2. The quantitative estimate of drug-likeness (QED) is 0.699. The molecule has 0 saturated carbocycles. The van der Waals surface area contributed by atoms with Gasteiger partial charge < -0.3 is 9.72 Å². The van der Waals surface area contributed by atoms with E-state index in [-0.39, 0.29) is 5.56 Å². The fourth-order valence-corrected chi connectivity index (χ4v) is 2.74. The van der Waals surface area contributed by atoms with Crippen molar-refractivity contribution in [2.45, 2.75) is 39.5 Å². The van der Waals surface area contributed by atoms with Crippen LogP contribution in [0.4, 0.5) is 0 Å². The maximum Gasteiger partial charge on any atom is 0.279 e. The van der Waals surface area contributed by atoms with Crippen molar-refractivity contribution in [1.82, 2.24) is 20.2 Å². The van der Waals surface area contributed by atoms with Crippen LogP contribution in [0.2, 0.25) is 0 Å². The summed E-state index contributed by atoms with van der Waals surface area (Å²) in [7, 11) is 0. The fraction of sp³-hybridized carbons (Fsp3) is 0.389. The molecule has 0 aliphatic heterocycles. The largest absolute Gasteiger partial charge is 0.494 e. The molecule has 0 bridgehead atoms. The summed E-state index contributed by atoms with van der Waals surface area (Å²) in [6, 6.07) is 7.81. The number of aromatic amines is 2. The average molecular weight is 326 g/mol. The first-order valence-electron chi connectivity index (χ1n) is 8.39. The van der Waals surface area contributed by atoms with E-state index < -0.39 is 0 Å². The Morgan fingerprint density at radius 2 is 2.00 bits per heavy atom. The van der Waals surface area contributed by atoms with Gasteiger partial charge in [-0.15, -0.1) is 0 Å². The molecule has 2 N–H and O–H groups in total. The van der Waals surface area contributed by atoms with E-state index in [0.717, 1.165) is 36.3 Å². The summed E-state index contributed by atoms with van der Waals surface area (Å²) in [6.45, 7) is 4.69. The van der Waals surface area contributed by atoms with Gasteiger partial charge in [0.15, 0.2) is 5.52 Å². The van der Waals surface area contributed by atoms with E-state index in [1.165, 1.54) is 0 Å². The highest BCUT2D eigenvalue weighted by Crippen LogP contribution is 2.21. The van der Waals surface area contributed by atoms with Crippen molar-refractivity contribution < 1.29 is 4.74 Å². The predicted molar refractivity (Wildman–Crippen MR) is 93.5 cm³/mol. The van der Waals surface area contributed by atoms with Gasteiger partial charge in [-0.2, -0.15) is 5.10 Å². The lowest BCUT2D eigenvalue weighted by atomic mass is 10.1. The van der Waals surface area contributed by atoms with Gasteiger partial charge in [0, 0.05) is 12.0 Å². The molecule has 3 aromatic rings. The summed E-state index contributed by atoms with van der Waals surface area (Å²) < 4.78 is 5.65. The Bertz CT molecular complexity index is 882. The Hall–Kier alpha value is -2.63. The molecule has 24 heavy (non-hydrogen) atoms. The van der Waals surface area contributed by atoms with E-state index in [0.29, 0.717) is 29.9 Å². The molecule has 0 aliphatic carbocycles. The van der Waals surface area contributed by atoms with Crippen LogP contribution < -0.4 is 10.3 Å². The van der Waals surface area contributed by atoms with Gasteiger partial charge in [-0.25, -0.2) is 4.98 Å². The zero-order valence-corrected chi connectivity index (χ0v) is 14.1. The fourth-order valence-electron chi connectivity index (χ4n) is 2.74. The van der Waals surface area contributed by atoms with Crippen molar-refractivity contribution >= 4 is 11.0 Å². The molecule has 0 spiro atoms. The van der Waals surface area contributed by atoms with Crippen molar-refractivity contribution in [3.8, 4) is 5.75 Å². The summed E-state index contributed by atoms with van der Waals surface area (Å²) in [5.41, 5.74) is 2.78. The summed E-state index contributed by atoms with van der Waals surface area (Å²) in [5, 5.41) is 7.07. The van der Waals surface area contributed by atoms with E-state index in [1.807, 2.05) is 31.2 Å². The number of nitrogens with one attached hydrogen (secondary N) is 2. The minimum atomic E-state index is -0.206. The molecule has 126 valence electrons. The lowest BCUT2D eigenvalue weighted by molar-refractivity contribution is 0.337. The SMILES string of the molecule is CCCCc1[nH]nc2c(=O)[nH]c(Cc3ccccc3OCC)nc12. The van der Waals surface area contributed by atoms with Crippen LogP contribution in [0.15, 0.2) is 29.1 Å². The lowest BCUT2D eigenvalue weighted by Gasteiger charge is -2.09. The molecule has 0 aliphatic rings. The average Bonchev–Trinajstić information content (AvgIpc) is 2.98. The Balaban J connectivity index is 1.97. The van der Waals surface area contributed by atoms with Crippen molar-refractivity contribution in [2.24, 2.45) is 0 Å². The highest BCUT2D eigenvalue weighted by molar-refractivity contribution is 5.75. The first-order chi connectivity index (χ1) is 11.7. The molecule has 3 rings (SSSR count). The number of unbranched alkanes of at least 4 members (excludes halogenated alkanes) is 1. The molecule has 2 aromatic heterocycles. The normalized spacial score (nSPS) is 11.1. The molecule has 0 fully saturated rings. The second-order valence-electron chi connectivity index (χ2n) is 5.73. The van der Waals surface area contributed by atoms with E-state index in [9.17, 15) is 4.79 Å².